The number of nitrogens with one attached hydrogen (secondary N) is 1. The van der Waals surface area contributed by atoms with E-state index in [1.54, 1.807) is 32.0 Å². The smallest absolute Gasteiger partial charge is 0.330 e. The molecule has 194 valence electrons. The van der Waals surface area contributed by atoms with E-state index < -0.39 is 23.0 Å². The molecule has 0 unspecified atom stereocenters. The summed E-state index contributed by atoms with van der Waals surface area (Å²) in [6.45, 7) is 3.91. The molecule has 1 aliphatic rings. The van der Waals surface area contributed by atoms with Crippen LogP contribution in [-0.2, 0) is 30.5 Å². The van der Waals surface area contributed by atoms with Gasteiger partial charge in [0.2, 0.25) is 0 Å². The first-order chi connectivity index (χ1) is 17.6. The van der Waals surface area contributed by atoms with Crippen LogP contribution >= 0.6 is 0 Å². The number of hydrogen-bond donors (Lipinski definition) is 3. The summed E-state index contributed by atoms with van der Waals surface area (Å²) >= 11 is 0. The Morgan fingerprint density at radius 2 is 1.62 bits per heavy atom. The highest BCUT2D eigenvalue weighted by Gasteiger charge is 2.45. The minimum atomic E-state index is -1.39. The lowest BCUT2D eigenvalue weighted by Crippen LogP contribution is -2.55. The Balaban J connectivity index is 1.45. The molecule has 0 saturated heterocycles. The number of benzene rings is 3. The van der Waals surface area contributed by atoms with Crippen molar-refractivity contribution in [3.8, 4) is 11.5 Å². The summed E-state index contributed by atoms with van der Waals surface area (Å²) in [4.78, 5) is 25.4. The van der Waals surface area contributed by atoms with Gasteiger partial charge in [0.15, 0.2) is 11.5 Å². The molecule has 0 saturated carbocycles. The van der Waals surface area contributed by atoms with E-state index in [1.807, 2.05) is 48.5 Å². The summed E-state index contributed by atoms with van der Waals surface area (Å²) in [5.41, 5.74) is 2.08. The fourth-order valence-electron chi connectivity index (χ4n) is 4.80. The standard InChI is InChI=1S/C30H33NO6/c1-29(2,35)17-21-8-6-7-20(15-21)13-14-37-26-16-22(11-12-25(26)36-3)27(32)31-30(28(33)34)18-23-9-4-5-10-24(23)19-30/h4-12,15-16,35H,13-14,17-19H2,1-3H3,(H,31,32)(H,33,34). The van der Waals surface area contributed by atoms with Crippen LogP contribution in [0.1, 0.15) is 46.5 Å². The molecule has 0 heterocycles. The average molecular weight is 504 g/mol. The second-order valence-electron chi connectivity index (χ2n) is 10.2. The zero-order valence-electron chi connectivity index (χ0n) is 21.4. The summed E-state index contributed by atoms with van der Waals surface area (Å²) in [5, 5.41) is 22.9. The van der Waals surface area contributed by atoms with Crippen molar-refractivity contribution in [1.29, 1.82) is 0 Å². The van der Waals surface area contributed by atoms with E-state index in [0.717, 1.165) is 22.3 Å². The van der Waals surface area contributed by atoms with Crippen LogP contribution < -0.4 is 14.8 Å². The maximum Gasteiger partial charge on any atom is 0.330 e. The monoisotopic (exact) mass is 503 g/mol. The summed E-state index contributed by atoms with van der Waals surface area (Å²) in [6, 6.07) is 20.3. The van der Waals surface area contributed by atoms with Gasteiger partial charge in [0.1, 0.15) is 5.54 Å². The van der Waals surface area contributed by atoms with Crippen molar-refractivity contribution >= 4 is 11.9 Å². The molecule has 0 fully saturated rings. The summed E-state index contributed by atoms with van der Waals surface area (Å²) in [5.74, 6) is -0.661. The number of carboxylic acids is 1. The highest BCUT2D eigenvalue weighted by Crippen LogP contribution is 2.32. The van der Waals surface area contributed by atoms with E-state index in [2.05, 4.69) is 5.32 Å². The van der Waals surface area contributed by atoms with Gasteiger partial charge in [-0.25, -0.2) is 4.79 Å². The molecule has 3 aromatic carbocycles. The number of carboxylic acid groups (broad SMARTS) is 1. The first-order valence-corrected chi connectivity index (χ1v) is 12.3. The molecule has 1 aliphatic carbocycles. The molecule has 0 radical (unpaired) electrons. The van der Waals surface area contributed by atoms with Crippen molar-refractivity contribution in [1.82, 2.24) is 5.32 Å². The number of amides is 1. The van der Waals surface area contributed by atoms with Crippen molar-refractivity contribution in [2.45, 2.75) is 50.7 Å². The third kappa shape index (κ3) is 6.30. The number of ether oxygens (including phenoxy) is 2. The largest absolute Gasteiger partial charge is 0.493 e. The zero-order chi connectivity index (χ0) is 26.6. The van der Waals surface area contributed by atoms with Crippen LogP contribution in [0.25, 0.3) is 0 Å². The zero-order valence-corrected chi connectivity index (χ0v) is 21.4. The fourth-order valence-corrected chi connectivity index (χ4v) is 4.80. The summed E-state index contributed by atoms with van der Waals surface area (Å²) in [7, 11) is 1.53. The van der Waals surface area contributed by atoms with Crippen molar-refractivity contribution in [3.63, 3.8) is 0 Å². The maximum absolute atomic E-state index is 13.2. The minimum Gasteiger partial charge on any atom is -0.493 e. The minimum absolute atomic E-state index is 0.232. The highest BCUT2D eigenvalue weighted by molar-refractivity contribution is 5.99. The van der Waals surface area contributed by atoms with Crippen LogP contribution in [-0.4, -0.2) is 46.9 Å². The molecule has 1 amide bonds. The first-order valence-electron chi connectivity index (χ1n) is 12.3. The number of fused-ring (bicyclic) bond motifs is 1. The molecule has 7 heteroatoms. The Kier molecular flexibility index (Phi) is 7.55. The second-order valence-corrected chi connectivity index (χ2v) is 10.2. The Morgan fingerprint density at radius 3 is 2.24 bits per heavy atom. The quantitative estimate of drug-likeness (QED) is 0.387. The molecule has 4 rings (SSSR count). The SMILES string of the molecule is COc1ccc(C(=O)NC2(C(=O)O)Cc3ccccc3C2)cc1OCCc1cccc(CC(C)(C)O)c1. The average Bonchev–Trinajstić information content (AvgIpc) is 3.22. The topological polar surface area (TPSA) is 105 Å². The van der Waals surface area contributed by atoms with Gasteiger partial charge in [0.05, 0.1) is 19.3 Å². The van der Waals surface area contributed by atoms with E-state index >= 15 is 0 Å². The number of methoxy groups -OCH3 is 1. The number of aliphatic hydroxyl groups is 1. The number of carbonyl (C=O) groups excluding carboxylic acids is 1. The van der Waals surface area contributed by atoms with E-state index in [-0.39, 0.29) is 12.8 Å². The van der Waals surface area contributed by atoms with Gasteiger partial charge in [-0.15, -0.1) is 0 Å². The molecule has 37 heavy (non-hydrogen) atoms. The Hall–Kier alpha value is -3.84. The third-order valence-corrected chi connectivity index (χ3v) is 6.57. The van der Waals surface area contributed by atoms with Gasteiger partial charge in [-0.05, 0) is 54.3 Å². The van der Waals surface area contributed by atoms with Crippen LogP contribution in [0.15, 0.2) is 66.7 Å². The Morgan fingerprint density at radius 1 is 0.946 bits per heavy atom. The molecule has 0 spiro atoms. The van der Waals surface area contributed by atoms with Crippen molar-refractivity contribution in [2.24, 2.45) is 0 Å². The molecule has 0 aliphatic heterocycles. The number of hydrogen-bond acceptors (Lipinski definition) is 5. The fraction of sp³-hybridized carbons (Fsp3) is 0.333. The number of aliphatic carboxylic acids is 1. The van der Waals surface area contributed by atoms with Gasteiger partial charge < -0.3 is 25.0 Å². The van der Waals surface area contributed by atoms with Gasteiger partial charge in [-0.2, -0.15) is 0 Å². The second kappa shape index (κ2) is 10.6. The van der Waals surface area contributed by atoms with Gasteiger partial charge in [-0.1, -0.05) is 48.5 Å². The Labute approximate surface area is 217 Å². The molecule has 0 bridgehead atoms. The lowest BCUT2D eigenvalue weighted by Gasteiger charge is -2.25. The van der Waals surface area contributed by atoms with Gasteiger partial charge in [-0.3, -0.25) is 4.79 Å². The molecule has 0 atom stereocenters. The van der Waals surface area contributed by atoms with Gasteiger partial charge >= 0.3 is 5.97 Å². The van der Waals surface area contributed by atoms with Crippen LogP contribution in [0.5, 0.6) is 11.5 Å². The molecular formula is C30H33NO6. The predicted molar refractivity (Wildman–Crippen MR) is 140 cm³/mol. The van der Waals surface area contributed by atoms with E-state index in [4.69, 9.17) is 9.47 Å². The van der Waals surface area contributed by atoms with Gasteiger partial charge in [0, 0.05) is 31.2 Å². The molecule has 7 nitrogen and oxygen atoms in total. The first kappa shape index (κ1) is 26.2. The summed E-state index contributed by atoms with van der Waals surface area (Å²) < 4.78 is 11.4. The van der Waals surface area contributed by atoms with E-state index in [9.17, 15) is 19.8 Å². The van der Waals surface area contributed by atoms with Crippen LogP contribution in [0.4, 0.5) is 0 Å². The molecule has 3 aromatic rings. The normalized spacial score (nSPS) is 14.1. The molecule has 0 aromatic heterocycles. The lowest BCUT2D eigenvalue weighted by molar-refractivity contribution is -0.144. The third-order valence-electron chi connectivity index (χ3n) is 6.57. The number of carbonyl (C=O) groups is 2. The Bertz CT molecular complexity index is 1270. The van der Waals surface area contributed by atoms with E-state index in [1.165, 1.54) is 7.11 Å². The predicted octanol–water partition coefficient (Wildman–Crippen LogP) is 3.98. The van der Waals surface area contributed by atoms with Crippen molar-refractivity contribution < 1.29 is 29.3 Å². The molecular weight excluding hydrogens is 470 g/mol. The van der Waals surface area contributed by atoms with Gasteiger partial charge in [0.25, 0.3) is 5.91 Å². The summed E-state index contributed by atoms with van der Waals surface area (Å²) in [6.07, 6.45) is 1.64. The molecule has 3 N–H and O–H groups in total. The maximum atomic E-state index is 13.2. The van der Waals surface area contributed by atoms with Crippen LogP contribution in [0, 0.1) is 0 Å². The van der Waals surface area contributed by atoms with Crippen molar-refractivity contribution in [2.75, 3.05) is 13.7 Å². The van der Waals surface area contributed by atoms with E-state index in [0.29, 0.717) is 36.5 Å². The highest BCUT2D eigenvalue weighted by atomic mass is 16.5. The number of rotatable bonds is 10. The van der Waals surface area contributed by atoms with Crippen molar-refractivity contribution in [3.05, 3.63) is 94.5 Å². The van der Waals surface area contributed by atoms with Crippen LogP contribution in [0.2, 0.25) is 0 Å². The van der Waals surface area contributed by atoms with Crippen LogP contribution in [0.3, 0.4) is 0 Å². The lowest BCUT2D eigenvalue weighted by atomic mass is 9.95.